The van der Waals surface area contributed by atoms with E-state index < -0.39 is 0 Å². The van der Waals surface area contributed by atoms with Gasteiger partial charge in [-0.3, -0.25) is 0 Å². The van der Waals surface area contributed by atoms with Crippen molar-refractivity contribution in [3.05, 3.63) is 130 Å². The molecular weight excluding hydrogens is 400 g/mol. The third-order valence-corrected chi connectivity index (χ3v) is 6.44. The van der Waals surface area contributed by atoms with Gasteiger partial charge >= 0.3 is 0 Å². The Morgan fingerprint density at radius 3 is 1.61 bits per heavy atom. The molecular formula is C31H31N2+. The van der Waals surface area contributed by atoms with Gasteiger partial charge in [0.2, 0.25) is 6.34 Å². The predicted molar refractivity (Wildman–Crippen MR) is 139 cm³/mol. The van der Waals surface area contributed by atoms with Crippen molar-refractivity contribution >= 4 is 17.7 Å². The normalized spacial score (nSPS) is 17.8. The van der Waals surface area contributed by atoms with Crippen LogP contribution in [0.5, 0.6) is 0 Å². The number of anilines is 1. The summed E-state index contributed by atoms with van der Waals surface area (Å²) in [6.07, 6.45) is 2.32. The van der Waals surface area contributed by atoms with Crippen molar-refractivity contribution in [2.75, 3.05) is 4.90 Å². The minimum Gasteiger partial charge on any atom is -0.222 e. The fraction of sp³-hybridized carbons (Fsp3) is 0.194. The molecule has 0 saturated heterocycles. The van der Waals surface area contributed by atoms with Crippen LogP contribution in [0.1, 0.15) is 45.5 Å². The summed E-state index contributed by atoms with van der Waals surface area (Å²) in [5.74, 6) is 0. The zero-order valence-electron chi connectivity index (χ0n) is 19.9. The summed E-state index contributed by atoms with van der Waals surface area (Å²) in [6, 6.07) is 35.8. The molecule has 0 N–H and O–H groups in total. The summed E-state index contributed by atoms with van der Waals surface area (Å²) in [7, 11) is 0. The average molecular weight is 432 g/mol. The highest BCUT2D eigenvalue weighted by Gasteiger charge is 2.45. The lowest BCUT2D eigenvalue weighted by Gasteiger charge is -2.24. The predicted octanol–water partition coefficient (Wildman–Crippen LogP) is 7.60. The molecule has 164 valence electrons. The lowest BCUT2D eigenvalue weighted by molar-refractivity contribution is -0.481. The van der Waals surface area contributed by atoms with Gasteiger partial charge in [0.15, 0.2) is 12.1 Å². The minimum atomic E-state index is 0.149. The van der Waals surface area contributed by atoms with E-state index in [4.69, 9.17) is 0 Å². The molecule has 0 unspecified atom stereocenters. The van der Waals surface area contributed by atoms with Crippen LogP contribution >= 0.6 is 0 Å². The van der Waals surface area contributed by atoms with Gasteiger partial charge in [-0.05, 0) is 74.2 Å². The summed E-state index contributed by atoms with van der Waals surface area (Å²) in [5, 5.41) is 0. The molecule has 0 aromatic heterocycles. The van der Waals surface area contributed by atoms with Gasteiger partial charge < -0.3 is 0 Å². The highest BCUT2D eigenvalue weighted by molar-refractivity contribution is 5.81. The van der Waals surface area contributed by atoms with Crippen LogP contribution in [0.15, 0.2) is 97.1 Å². The van der Waals surface area contributed by atoms with Crippen molar-refractivity contribution < 1.29 is 4.58 Å². The molecule has 4 aromatic rings. The monoisotopic (exact) mass is 431 g/mol. The Morgan fingerprint density at radius 2 is 1.06 bits per heavy atom. The molecule has 5 rings (SSSR count). The van der Waals surface area contributed by atoms with E-state index in [9.17, 15) is 0 Å². The summed E-state index contributed by atoms with van der Waals surface area (Å²) in [6.45, 7) is 8.72. The van der Waals surface area contributed by atoms with Crippen LogP contribution in [0.25, 0.3) is 0 Å². The van der Waals surface area contributed by atoms with Crippen LogP contribution in [0.4, 0.5) is 11.4 Å². The molecule has 0 spiro atoms. The lowest BCUT2D eigenvalue weighted by atomic mass is 9.92. The standard InChI is InChI=1S/C31H31N2/c1-22-15-23(2)18-28(17-22)32-21-33(29-19-24(3)16-25(4)20-29)31(27-13-9-6-10-14-27)30(32)26-11-7-5-8-12-26/h5-21,30-31H,1-4H3/q+1/t30-,31-/m0/s1. The summed E-state index contributed by atoms with van der Waals surface area (Å²) < 4.78 is 2.46. The van der Waals surface area contributed by atoms with E-state index in [-0.39, 0.29) is 12.1 Å². The van der Waals surface area contributed by atoms with Crippen LogP contribution in [0.3, 0.4) is 0 Å². The van der Waals surface area contributed by atoms with Crippen LogP contribution in [0, 0.1) is 27.7 Å². The number of hydrogen-bond donors (Lipinski definition) is 0. The van der Waals surface area contributed by atoms with E-state index in [0.717, 1.165) is 0 Å². The van der Waals surface area contributed by atoms with Crippen molar-refractivity contribution in [3.63, 3.8) is 0 Å². The van der Waals surface area contributed by atoms with E-state index in [1.165, 1.54) is 44.8 Å². The van der Waals surface area contributed by atoms with Crippen molar-refractivity contribution in [1.29, 1.82) is 0 Å². The molecule has 2 heteroatoms. The fourth-order valence-corrected chi connectivity index (χ4v) is 5.22. The summed E-state index contributed by atoms with van der Waals surface area (Å²) in [5.41, 5.74) is 10.2. The third-order valence-electron chi connectivity index (χ3n) is 6.44. The van der Waals surface area contributed by atoms with Gasteiger partial charge in [-0.15, -0.1) is 0 Å². The number of nitrogens with zero attached hydrogens (tertiary/aromatic N) is 2. The van der Waals surface area contributed by atoms with Gasteiger partial charge in [0, 0.05) is 11.1 Å². The van der Waals surface area contributed by atoms with Crippen LogP contribution in [0.2, 0.25) is 0 Å². The molecule has 0 radical (unpaired) electrons. The maximum Gasteiger partial charge on any atom is 0.245 e. The first-order valence-electron chi connectivity index (χ1n) is 11.7. The Kier molecular flexibility index (Phi) is 5.60. The van der Waals surface area contributed by atoms with Gasteiger partial charge in [0.1, 0.15) is 11.4 Å². The van der Waals surface area contributed by atoms with Crippen LogP contribution < -0.4 is 4.90 Å². The Bertz CT molecular complexity index is 1270. The van der Waals surface area contributed by atoms with Gasteiger partial charge in [-0.2, -0.15) is 0 Å². The molecule has 33 heavy (non-hydrogen) atoms. The molecule has 0 amide bonds. The zero-order valence-corrected chi connectivity index (χ0v) is 19.9. The highest BCUT2D eigenvalue weighted by Crippen LogP contribution is 2.45. The van der Waals surface area contributed by atoms with E-state index in [0.29, 0.717) is 0 Å². The van der Waals surface area contributed by atoms with E-state index >= 15 is 0 Å². The molecule has 1 aliphatic rings. The minimum absolute atomic E-state index is 0.149. The highest BCUT2D eigenvalue weighted by atomic mass is 15.3. The lowest BCUT2D eigenvalue weighted by Crippen LogP contribution is -2.26. The third kappa shape index (κ3) is 4.21. The molecule has 2 atom stereocenters. The first kappa shape index (κ1) is 21.2. The van der Waals surface area contributed by atoms with Crippen LogP contribution in [-0.2, 0) is 0 Å². The quantitative estimate of drug-likeness (QED) is 0.302. The molecule has 2 nitrogen and oxygen atoms in total. The van der Waals surface area contributed by atoms with Crippen molar-refractivity contribution in [2.24, 2.45) is 0 Å². The number of aryl methyl sites for hydroxylation is 4. The topological polar surface area (TPSA) is 6.25 Å². The zero-order chi connectivity index (χ0) is 22.9. The Morgan fingerprint density at radius 1 is 0.576 bits per heavy atom. The molecule has 1 heterocycles. The molecule has 0 fully saturated rings. The Labute approximate surface area is 197 Å². The molecule has 0 bridgehead atoms. The fourth-order valence-electron chi connectivity index (χ4n) is 5.22. The maximum atomic E-state index is 2.46. The van der Waals surface area contributed by atoms with Gasteiger partial charge in [-0.1, -0.05) is 72.8 Å². The van der Waals surface area contributed by atoms with Crippen molar-refractivity contribution in [3.8, 4) is 0 Å². The van der Waals surface area contributed by atoms with Gasteiger partial charge in [-0.25, -0.2) is 9.48 Å². The van der Waals surface area contributed by atoms with E-state index in [2.05, 4.69) is 141 Å². The van der Waals surface area contributed by atoms with Crippen molar-refractivity contribution in [2.45, 2.75) is 39.8 Å². The SMILES string of the molecule is Cc1cc(C)cc(N2C=[N+](c3cc(C)cc(C)c3)[C@@H](c3ccccc3)[C@@H]2c2ccccc2)c1. The second kappa shape index (κ2) is 8.71. The van der Waals surface area contributed by atoms with Crippen molar-refractivity contribution in [1.82, 2.24) is 0 Å². The molecule has 1 aliphatic heterocycles. The molecule has 4 aromatic carbocycles. The van der Waals surface area contributed by atoms with E-state index in [1.807, 2.05) is 0 Å². The van der Waals surface area contributed by atoms with E-state index in [1.54, 1.807) is 0 Å². The smallest absolute Gasteiger partial charge is 0.222 e. The van der Waals surface area contributed by atoms with Gasteiger partial charge in [0.05, 0.1) is 0 Å². The second-order valence-electron chi connectivity index (χ2n) is 9.33. The first-order valence-corrected chi connectivity index (χ1v) is 11.7. The summed E-state index contributed by atoms with van der Waals surface area (Å²) >= 11 is 0. The second-order valence-corrected chi connectivity index (χ2v) is 9.33. The van der Waals surface area contributed by atoms with Crippen LogP contribution in [-0.4, -0.2) is 10.9 Å². The van der Waals surface area contributed by atoms with Gasteiger partial charge in [0.25, 0.3) is 0 Å². The molecule has 0 aliphatic carbocycles. The Hall–Kier alpha value is -3.65. The average Bonchev–Trinajstić information content (AvgIpc) is 3.20. The number of benzene rings is 4. The maximum absolute atomic E-state index is 2.46. The number of hydrogen-bond acceptors (Lipinski definition) is 1. The number of rotatable bonds is 4. The molecule has 0 saturated carbocycles. The summed E-state index contributed by atoms with van der Waals surface area (Å²) in [4.78, 5) is 2.46. The largest absolute Gasteiger partial charge is 0.245 e. The Balaban J connectivity index is 1.76. The first-order chi connectivity index (χ1) is 16.0.